The summed E-state index contributed by atoms with van der Waals surface area (Å²) in [7, 11) is 0. The summed E-state index contributed by atoms with van der Waals surface area (Å²) in [6.07, 6.45) is 6.90. The summed E-state index contributed by atoms with van der Waals surface area (Å²) >= 11 is 0. The van der Waals surface area contributed by atoms with Gasteiger partial charge in [-0.3, -0.25) is 0 Å². The summed E-state index contributed by atoms with van der Waals surface area (Å²) in [6.45, 7) is 17.2. The Morgan fingerprint density at radius 2 is 1.37 bits per heavy atom. The predicted molar refractivity (Wildman–Crippen MR) is 85.6 cm³/mol. The number of piperazine rings is 1. The largest absolute Gasteiger partial charge is 0.301 e. The van der Waals surface area contributed by atoms with Gasteiger partial charge >= 0.3 is 0 Å². The Morgan fingerprint density at radius 1 is 0.789 bits per heavy atom. The van der Waals surface area contributed by atoms with Crippen molar-refractivity contribution >= 4 is 0 Å². The van der Waals surface area contributed by atoms with Gasteiger partial charge in [0.25, 0.3) is 0 Å². The lowest BCUT2D eigenvalue weighted by molar-refractivity contribution is 0.117. The third-order valence-corrected chi connectivity index (χ3v) is 4.85. The normalized spacial score (nSPS) is 21.5. The van der Waals surface area contributed by atoms with E-state index in [2.05, 4.69) is 37.5 Å². The fraction of sp³-hybridized carbons (Fsp3) is 1.00. The molecule has 0 saturated carbocycles. The van der Waals surface area contributed by atoms with Crippen LogP contribution in [0.15, 0.2) is 0 Å². The van der Waals surface area contributed by atoms with Crippen molar-refractivity contribution in [1.29, 1.82) is 0 Å². The van der Waals surface area contributed by atoms with E-state index in [0.29, 0.717) is 0 Å². The molecule has 0 amide bonds. The highest BCUT2D eigenvalue weighted by Crippen LogP contribution is 2.12. The predicted octanol–water partition coefficient (Wildman–Crippen LogP) is 3.87. The van der Waals surface area contributed by atoms with Gasteiger partial charge in [-0.15, -0.1) is 0 Å². The van der Waals surface area contributed by atoms with E-state index in [9.17, 15) is 0 Å². The van der Waals surface area contributed by atoms with Crippen molar-refractivity contribution in [1.82, 2.24) is 9.80 Å². The van der Waals surface area contributed by atoms with Gasteiger partial charge in [-0.25, -0.2) is 0 Å². The van der Waals surface area contributed by atoms with E-state index in [1.165, 1.54) is 71.4 Å². The minimum absolute atomic E-state index is 0.863. The van der Waals surface area contributed by atoms with E-state index in [4.69, 9.17) is 0 Å². The van der Waals surface area contributed by atoms with Crippen LogP contribution in [0.2, 0.25) is 0 Å². The van der Waals surface area contributed by atoms with Crippen molar-refractivity contribution < 1.29 is 0 Å². The molecular weight excluding hydrogens is 232 g/mol. The molecule has 1 aliphatic heterocycles. The van der Waals surface area contributed by atoms with Crippen LogP contribution in [0.4, 0.5) is 0 Å². The molecule has 2 heteroatoms. The summed E-state index contributed by atoms with van der Waals surface area (Å²) in [5.41, 5.74) is 0. The molecule has 1 fully saturated rings. The lowest BCUT2D eigenvalue weighted by Gasteiger charge is -2.35. The van der Waals surface area contributed by atoms with Crippen LogP contribution in [0.1, 0.15) is 59.8 Å². The zero-order chi connectivity index (χ0) is 14.1. The Bertz CT molecular complexity index is 207. The number of rotatable bonds is 9. The summed E-state index contributed by atoms with van der Waals surface area (Å²) < 4.78 is 0. The SMILES string of the molecule is CCC(C)CCCCN1CCN(CC(C)CC)CC1. The van der Waals surface area contributed by atoms with Crippen LogP contribution in [0.3, 0.4) is 0 Å². The van der Waals surface area contributed by atoms with E-state index < -0.39 is 0 Å². The Morgan fingerprint density at radius 3 is 1.95 bits per heavy atom. The van der Waals surface area contributed by atoms with Crippen molar-refractivity contribution in [2.24, 2.45) is 11.8 Å². The number of hydrogen-bond donors (Lipinski definition) is 0. The Hall–Kier alpha value is -0.0800. The molecule has 0 aromatic rings. The first-order valence-corrected chi connectivity index (χ1v) is 8.60. The monoisotopic (exact) mass is 268 g/mol. The second kappa shape index (κ2) is 9.77. The van der Waals surface area contributed by atoms with Gasteiger partial charge in [0, 0.05) is 32.7 Å². The fourth-order valence-electron chi connectivity index (χ4n) is 2.80. The summed E-state index contributed by atoms with van der Waals surface area (Å²) in [5, 5.41) is 0. The van der Waals surface area contributed by atoms with Crippen molar-refractivity contribution in [3.8, 4) is 0 Å². The van der Waals surface area contributed by atoms with Gasteiger partial charge in [0.05, 0.1) is 0 Å². The molecule has 114 valence electrons. The van der Waals surface area contributed by atoms with Crippen LogP contribution in [0.5, 0.6) is 0 Å². The average molecular weight is 268 g/mol. The maximum absolute atomic E-state index is 2.67. The molecule has 2 nitrogen and oxygen atoms in total. The second-order valence-electron chi connectivity index (χ2n) is 6.66. The summed E-state index contributed by atoms with van der Waals surface area (Å²) in [5.74, 6) is 1.79. The highest BCUT2D eigenvalue weighted by atomic mass is 15.3. The molecule has 1 rings (SSSR count). The molecular formula is C17H36N2. The molecule has 0 bridgehead atoms. The molecule has 0 aromatic heterocycles. The van der Waals surface area contributed by atoms with Gasteiger partial charge in [-0.2, -0.15) is 0 Å². The first-order chi connectivity index (χ1) is 9.15. The number of hydrogen-bond acceptors (Lipinski definition) is 2. The Balaban J connectivity index is 2.03. The maximum atomic E-state index is 2.67. The third-order valence-electron chi connectivity index (χ3n) is 4.85. The average Bonchev–Trinajstić information content (AvgIpc) is 2.44. The standard InChI is InChI=1S/C17H36N2/c1-5-16(3)9-7-8-10-18-11-13-19(14-12-18)15-17(4)6-2/h16-17H,5-15H2,1-4H3. The van der Waals surface area contributed by atoms with Crippen molar-refractivity contribution in [2.45, 2.75) is 59.8 Å². The molecule has 0 aromatic carbocycles. The van der Waals surface area contributed by atoms with Crippen LogP contribution >= 0.6 is 0 Å². The van der Waals surface area contributed by atoms with Gasteiger partial charge in [-0.1, -0.05) is 53.4 Å². The quantitative estimate of drug-likeness (QED) is 0.586. The van der Waals surface area contributed by atoms with Crippen molar-refractivity contribution in [3.05, 3.63) is 0 Å². The summed E-state index contributed by atoms with van der Waals surface area (Å²) in [4.78, 5) is 5.33. The molecule has 0 spiro atoms. The third kappa shape index (κ3) is 7.31. The highest BCUT2D eigenvalue weighted by molar-refractivity contribution is 4.73. The van der Waals surface area contributed by atoms with Crippen molar-refractivity contribution in [3.63, 3.8) is 0 Å². The van der Waals surface area contributed by atoms with Gasteiger partial charge in [0.15, 0.2) is 0 Å². The Kier molecular flexibility index (Phi) is 8.72. The molecule has 0 radical (unpaired) electrons. The lowest BCUT2D eigenvalue weighted by atomic mass is 10.0. The van der Waals surface area contributed by atoms with Gasteiger partial charge in [0.2, 0.25) is 0 Å². The molecule has 2 unspecified atom stereocenters. The number of unbranched alkanes of at least 4 members (excludes halogenated alkanes) is 1. The first-order valence-electron chi connectivity index (χ1n) is 8.60. The van der Waals surface area contributed by atoms with E-state index in [1.807, 2.05) is 0 Å². The second-order valence-corrected chi connectivity index (χ2v) is 6.66. The maximum Gasteiger partial charge on any atom is 0.0110 e. The van der Waals surface area contributed by atoms with E-state index in [-0.39, 0.29) is 0 Å². The Labute approximate surface area is 121 Å². The topological polar surface area (TPSA) is 6.48 Å². The van der Waals surface area contributed by atoms with Gasteiger partial charge in [0.1, 0.15) is 0 Å². The lowest BCUT2D eigenvalue weighted by Crippen LogP contribution is -2.47. The van der Waals surface area contributed by atoms with Crippen LogP contribution in [0.25, 0.3) is 0 Å². The highest BCUT2D eigenvalue weighted by Gasteiger charge is 2.17. The zero-order valence-corrected chi connectivity index (χ0v) is 13.8. The number of nitrogens with zero attached hydrogens (tertiary/aromatic N) is 2. The molecule has 1 heterocycles. The fourth-order valence-corrected chi connectivity index (χ4v) is 2.80. The molecule has 2 atom stereocenters. The smallest absolute Gasteiger partial charge is 0.0110 e. The van der Waals surface area contributed by atoms with Gasteiger partial charge < -0.3 is 9.80 Å². The van der Waals surface area contributed by atoms with Crippen LogP contribution in [-0.4, -0.2) is 49.1 Å². The minimum Gasteiger partial charge on any atom is -0.301 e. The van der Waals surface area contributed by atoms with Crippen LogP contribution in [0, 0.1) is 11.8 Å². The van der Waals surface area contributed by atoms with Gasteiger partial charge in [-0.05, 0) is 24.8 Å². The first kappa shape index (κ1) is 17.0. The van der Waals surface area contributed by atoms with Crippen LogP contribution in [-0.2, 0) is 0 Å². The van der Waals surface area contributed by atoms with Crippen molar-refractivity contribution in [2.75, 3.05) is 39.3 Å². The molecule has 1 saturated heterocycles. The molecule has 19 heavy (non-hydrogen) atoms. The van der Waals surface area contributed by atoms with E-state index in [1.54, 1.807) is 0 Å². The minimum atomic E-state index is 0.863. The molecule has 0 aliphatic carbocycles. The molecule has 0 N–H and O–H groups in total. The van der Waals surface area contributed by atoms with E-state index >= 15 is 0 Å². The summed E-state index contributed by atoms with van der Waals surface area (Å²) in [6, 6.07) is 0. The molecule has 1 aliphatic rings. The zero-order valence-electron chi connectivity index (χ0n) is 13.8. The van der Waals surface area contributed by atoms with Crippen LogP contribution < -0.4 is 0 Å². The van der Waals surface area contributed by atoms with E-state index in [0.717, 1.165) is 11.8 Å².